The summed E-state index contributed by atoms with van der Waals surface area (Å²) < 4.78 is 37.8. The molecule has 0 bridgehead atoms. The number of hydrogen-bond donors (Lipinski definition) is 1. The maximum atomic E-state index is 12.9. The van der Waals surface area contributed by atoms with Gasteiger partial charge in [0.05, 0.1) is 41.2 Å². The Hall–Kier alpha value is -5.66. The topological polar surface area (TPSA) is 75.6 Å². The fourth-order valence-corrected chi connectivity index (χ4v) is 12.3. The van der Waals surface area contributed by atoms with Crippen LogP contribution in [0.25, 0.3) is 0 Å². The number of aliphatic hydroxyl groups is 1. The maximum absolute atomic E-state index is 12.9. The Morgan fingerprint density at radius 2 is 0.983 bits per heavy atom. The Morgan fingerprint density at radius 3 is 1.39 bits per heavy atom. The zero-order valence-electron chi connectivity index (χ0n) is 34.8. The summed E-state index contributed by atoms with van der Waals surface area (Å²) in [6.45, 7) is 6.41. The van der Waals surface area contributed by atoms with E-state index in [4.69, 9.17) is 34.5 Å². The van der Waals surface area contributed by atoms with E-state index in [0.717, 1.165) is 38.4 Å². The molecule has 6 aromatic rings. The first-order valence-corrected chi connectivity index (χ1v) is 21.6. The van der Waals surface area contributed by atoms with Crippen molar-refractivity contribution in [2.75, 3.05) is 34.5 Å². The van der Waals surface area contributed by atoms with Crippen molar-refractivity contribution in [2.45, 2.75) is 49.7 Å². The van der Waals surface area contributed by atoms with E-state index < -0.39 is 25.6 Å². The average molecular weight is 807 g/mol. The Labute approximate surface area is 350 Å². The van der Waals surface area contributed by atoms with E-state index in [0.29, 0.717) is 11.5 Å². The molecule has 6 aromatic carbocycles. The molecular formula is C51H54O7Si. The zero-order chi connectivity index (χ0) is 41.9. The largest absolute Gasteiger partial charge is 0.497 e. The molecule has 59 heavy (non-hydrogen) atoms. The van der Waals surface area contributed by atoms with Gasteiger partial charge in [-0.2, -0.15) is 0 Å². The van der Waals surface area contributed by atoms with Crippen LogP contribution in [0.5, 0.6) is 17.2 Å². The molecule has 0 aliphatic rings. The lowest BCUT2D eigenvalue weighted by molar-refractivity contribution is -0.147. The average Bonchev–Trinajstić information content (AvgIpc) is 3.28. The quantitative estimate of drug-likeness (QED) is 0.0531. The molecule has 0 spiro atoms. The van der Waals surface area contributed by atoms with Crippen molar-refractivity contribution in [2.24, 2.45) is 0 Å². The van der Waals surface area contributed by atoms with Gasteiger partial charge >= 0.3 is 0 Å². The van der Waals surface area contributed by atoms with Crippen LogP contribution in [0.15, 0.2) is 164 Å². The Bertz CT molecular complexity index is 2150. The fourth-order valence-electron chi connectivity index (χ4n) is 7.72. The van der Waals surface area contributed by atoms with Crippen LogP contribution < -0.4 is 24.6 Å². The highest BCUT2D eigenvalue weighted by molar-refractivity contribution is 6.99. The normalized spacial score (nSPS) is 13.5. The van der Waals surface area contributed by atoms with Gasteiger partial charge in [-0.25, -0.2) is 0 Å². The van der Waals surface area contributed by atoms with Crippen LogP contribution in [0.4, 0.5) is 0 Å². The highest BCUT2D eigenvalue weighted by Gasteiger charge is 2.52. The molecule has 0 saturated heterocycles. The Balaban J connectivity index is 1.46. The van der Waals surface area contributed by atoms with E-state index in [2.05, 4.69) is 51.0 Å². The lowest BCUT2D eigenvalue weighted by Crippen LogP contribution is -2.67. The van der Waals surface area contributed by atoms with Crippen molar-refractivity contribution in [3.63, 3.8) is 0 Å². The highest BCUT2D eigenvalue weighted by Crippen LogP contribution is 2.43. The molecule has 1 N–H and O–H groups in total. The van der Waals surface area contributed by atoms with E-state index in [1.165, 1.54) is 0 Å². The SMILES string of the molecule is C#C[C@](O)(COC(c1ccccc1)(c1ccc(OC)cc1)c1ccc(OC)cc1)[C@H](CO[Si](c1ccccc1)(c1ccccc1)C(C)(C)C)OCc1ccc(OC)cc1. The van der Waals surface area contributed by atoms with Gasteiger partial charge in [0, 0.05) is 0 Å². The van der Waals surface area contributed by atoms with Crippen molar-refractivity contribution < 1.29 is 33.2 Å². The van der Waals surface area contributed by atoms with Crippen LogP contribution in [-0.2, 0) is 26.1 Å². The minimum absolute atomic E-state index is 0.0308. The van der Waals surface area contributed by atoms with Crippen LogP contribution in [0, 0.1) is 12.3 Å². The van der Waals surface area contributed by atoms with E-state index >= 15 is 0 Å². The Morgan fingerprint density at radius 1 is 0.576 bits per heavy atom. The van der Waals surface area contributed by atoms with E-state index in [9.17, 15) is 5.11 Å². The predicted octanol–water partition coefficient (Wildman–Crippen LogP) is 8.55. The maximum Gasteiger partial charge on any atom is 0.261 e. The second-order valence-corrected chi connectivity index (χ2v) is 19.8. The number of rotatable bonds is 18. The molecule has 0 aliphatic carbocycles. The molecule has 0 unspecified atom stereocenters. The molecule has 2 atom stereocenters. The lowest BCUT2D eigenvalue weighted by Gasteiger charge is -2.45. The number of ether oxygens (including phenoxy) is 5. The number of benzene rings is 6. The predicted molar refractivity (Wildman–Crippen MR) is 237 cm³/mol. The van der Waals surface area contributed by atoms with Crippen LogP contribution >= 0.6 is 0 Å². The molecule has 8 heteroatoms. The molecule has 0 aromatic heterocycles. The van der Waals surface area contributed by atoms with E-state index in [-0.39, 0.29) is 24.9 Å². The van der Waals surface area contributed by atoms with Crippen LogP contribution in [0.1, 0.15) is 43.0 Å². The molecule has 304 valence electrons. The van der Waals surface area contributed by atoms with Crippen LogP contribution in [0.2, 0.25) is 5.04 Å². The lowest BCUT2D eigenvalue weighted by atomic mass is 9.79. The molecule has 0 aliphatic heterocycles. The molecule has 0 heterocycles. The number of terminal acetylenes is 1. The summed E-state index contributed by atoms with van der Waals surface area (Å²) in [5, 5.41) is 14.8. The second-order valence-electron chi connectivity index (χ2n) is 15.5. The first kappa shape index (κ1) is 42.9. The van der Waals surface area contributed by atoms with E-state index in [1.807, 2.05) is 140 Å². The van der Waals surface area contributed by atoms with Crippen molar-refractivity contribution >= 4 is 18.7 Å². The Kier molecular flexibility index (Phi) is 13.8. The van der Waals surface area contributed by atoms with Gasteiger partial charge in [0.2, 0.25) is 0 Å². The molecule has 6 rings (SSSR count). The summed E-state index contributed by atoms with van der Waals surface area (Å²) in [5.74, 6) is 4.84. The summed E-state index contributed by atoms with van der Waals surface area (Å²) in [6, 6.07) is 53.7. The minimum Gasteiger partial charge on any atom is -0.497 e. The van der Waals surface area contributed by atoms with Gasteiger partial charge < -0.3 is 33.2 Å². The third-order valence-electron chi connectivity index (χ3n) is 10.9. The van der Waals surface area contributed by atoms with Gasteiger partial charge in [0.25, 0.3) is 8.32 Å². The van der Waals surface area contributed by atoms with Gasteiger partial charge in [-0.3, -0.25) is 0 Å². The third kappa shape index (κ3) is 9.16. The summed E-state index contributed by atoms with van der Waals surface area (Å²) in [4.78, 5) is 0. The molecule has 0 radical (unpaired) electrons. The number of hydrogen-bond acceptors (Lipinski definition) is 7. The monoisotopic (exact) mass is 806 g/mol. The molecule has 0 fully saturated rings. The van der Waals surface area contributed by atoms with Crippen LogP contribution in [-0.4, -0.2) is 59.7 Å². The van der Waals surface area contributed by atoms with Crippen molar-refractivity contribution in [3.05, 3.63) is 186 Å². The van der Waals surface area contributed by atoms with Crippen molar-refractivity contribution in [1.29, 1.82) is 0 Å². The van der Waals surface area contributed by atoms with Gasteiger partial charge in [-0.15, -0.1) is 6.42 Å². The zero-order valence-corrected chi connectivity index (χ0v) is 35.8. The standard InChI is InChI=1S/C51H54O7Si/c1-8-50(52,38-57-51(40-18-12-9-13-19-40,41-26-32-44(54-6)33-27-41)42-28-34-45(55-7)35-29-42)48(56-36-39-24-30-43(53-5)31-25-39)37-58-59(49(2,3)4,46-20-14-10-15-21-46)47-22-16-11-17-23-47/h1,9-35,48,52H,36-38H2,2-7H3/t48-,50-/m0/s1. The summed E-state index contributed by atoms with van der Waals surface area (Å²) in [7, 11) is 1.79. The molecule has 7 nitrogen and oxygen atoms in total. The summed E-state index contributed by atoms with van der Waals surface area (Å²) in [5.41, 5.74) is 0.0631. The van der Waals surface area contributed by atoms with Gasteiger partial charge in [0.15, 0.2) is 5.60 Å². The highest BCUT2D eigenvalue weighted by atomic mass is 28.4. The summed E-state index contributed by atoms with van der Waals surface area (Å²) in [6.07, 6.45) is 5.38. The smallest absolute Gasteiger partial charge is 0.261 e. The molecule has 0 saturated carbocycles. The first-order valence-electron chi connectivity index (χ1n) is 19.7. The third-order valence-corrected chi connectivity index (χ3v) is 15.9. The van der Waals surface area contributed by atoms with Gasteiger partial charge in [-0.05, 0) is 74.1 Å². The molecular weight excluding hydrogens is 753 g/mol. The van der Waals surface area contributed by atoms with E-state index in [1.54, 1.807) is 21.3 Å². The van der Waals surface area contributed by atoms with Gasteiger partial charge in [0.1, 0.15) is 29.0 Å². The summed E-state index contributed by atoms with van der Waals surface area (Å²) >= 11 is 0. The second kappa shape index (κ2) is 18.9. The number of methoxy groups -OCH3 is 3. The van der Waals surface area contributed by atoms with Crippen molar-refractivity contribution in [1.82, 2.24) is 0 Å². The van der Waals surface area contributed by atoms with Gasteiger partial charge in [-0.1, -0.05) is 154 Å². The fraction of sp³-hybridized carbons (Fsp3) is 0.255. The molecule has 0 amide bonds. The first-order chi connectivity index (χ1) is 28.5. The van der Waals surface area contributed by atoms with Crippen LogP contribution in [0.3, 0.4) is 0 Å². The van der Waals surface area contributed by atoms with Crippen molar-refractivity contribution in [3.8, 4) is 29.6 Å². The minimum atomic E-state index is -3.10.